The van der Waals surface area contributed by atoms with Crippen LogP contribution < -0.4 is 14.8 Å². The zero-order valence-corrected chi connectivity index (χ0v) is 14.8. The summed E-state index contributed by atoms with van der Waals surface area (Å²) in [6, 6.07) is 12.0. The van der Waals surface area contributed by atoms with Crippen LogP contribution in [0.4, 0.5) is 5.69 Å². The van der Waals surface area contributed by atoms with Gasteiger partial charge in [-0.2, -0.15) is 0 Å². The van der Waals surface area contributed by atoms with Gasteiger partial charge in [-0.25, -0.2) is 0 Å². The Hall–Kier alpha value is -2.61. The van der Waals surface area contributed by atoms with Crippen molar-refractivity contribution < 1.29 is 28.8 Å². The van der Waals surface area contributed by atoms with E-state index < -0.39 is 17.6 Å². The highest BCUT2D eigenvalue weighted by atomic mass is 16.7. The lowest BCUT2D eigenvalue weighted by Gasteiger charge is -2.40. The first-order valence-corrected chi connectivity index (χ1v) is 8.02. The molecule has 0 bridgehead atoms. The molecule has 3 rings (SSSR count). The maximum absolute atomic E-state index is 12.5. The fourth-order valence-electron chi connectivity index (χ4n) is 3.21. The van der Waals surface area contributed by atoms with Gasteiger partial charge in [0.2, 0.25) is 0 Å². The molecule has 0 aliphatic carbocycles. The third-order valence-corrected chi connectivity index (χ3v) is 4.38. The molecule has 0 saturated carbocycles. The van der Waals surface area contributed by atoms with Gasteiger partial charge in [0, 0.05) is 14.2 Å². The van der Waals surface area contributed by atoms with Crippen LogP contribution in [0.2, 0.25) is 0 Å². The lowest BCUT2D eigenvalue weighted by molar-refractivity contribution is -0.142. The Morgan fingerprint density at radius 3 is 2.46 bits per heavy atom. The van der Waals surface area contributed by atoms with Gasteiger partial charge in [-0.05, 0) is 29.8 Å². The predicted octanol–water partition coefficient (Wildman–Crippen LogP) is 1.88. The highest BCUT2D eigenvalue weighted by Crippen LogP contribution is 2.46. The van der Waals surface area contributed by atoms with Crippen molar-refractivity contribution in [3.8, 4) is 11.5 Å². The van der Waals surface area contributed by atoms with Crippen molar-refractivity contribution in [2.75, 3.05) is 33.4 Å². The van der Waals surface area contributed by atoms with E-state index in [1.807, 2.05) is 0 Å². The van der Waals surface area contributed by atoms with Crippen molar-refractivity contribution in [3.05, 3.63) is 53.6 Å². The van der Waals surface area contributed by atoms with Crippen molar-refractivity contribution in [1.82, 2.24) is 0 Å². The molecule has 2 N–H and O–H groups in total. The molecule has 0 spiro atoms. The number of carbonyl (C=O) groups excluding carboxylic acids is 1. The number of hydrogen-bond donors (Lipinski definition) is 2. The van der Waals surface area contributed by atoms with Gasteiger partial charge in [0.1, 0.15) is 11.5 Å². The van der Waals surface area contributed by atoms with Crippen LogP contribution in [0.25, 0.3) is 0 Å². The van der Waals surface area contributed by atoms with Crippen molar-refractivity contribution in [1.29, 1.82) is 0 Å². The standard InChI is InChI=1S/C19H21NO6/c1-23-11-26-15-6-4-5-14-16(15)19(22,17(25-3)18(21)20-14)12-7-9-13(24-2)10-8-12/h4-10,17,22H,11H2,1-3H3,(H,20,21). The molecule has 26 heavy (non-hydrogen) atoms. The Morgan fingerprint density at radius 2 is 1.85 bits per heavy atom. The Balaban J connectivity index is 2.22. The van der Waals surface area contributed by atoms with Crippen LogP contribution in [-0.2, 0) is 19.9 Å². The number of nitrogens with one attached hydrogen (secondary N) is 1. The molecule has 0 saturated heterocycles. The number of fused-ring (bicyclic) bond motifs is 1. The van der Waals surface area contributed by atoms with Gasteiger partial charge in [0.15, 0.2) is 18.5 Å². The van der Waals surface area contributed by atoms with Crippen LogP contribution in [0.3, 0.4) is 0 Å². The van der Waals surface area contributed by atoms with E-state index in [0.717, 1.165) is 0 Å². The van der Waals surface area contributed by atoms with E-state index in [-0.39, 0.29) is 6.79 Å². The molecule has 2 aromatic carbocycles. The first-order valence-electron chi connectivity index (χ1n) is 8.02. The minimum Gasteiger partial charge on any atom is -0.497 e. The number of hydrogen-bond acceptors (Lipinski definition) is 6. The number of carbonyl (C=O) groups is 1. The van der Waals surface area contributed by atoms with Gasteiger partial charge >= 0.3 is 0 Å². The fourth-order valence-corrected chi connectivity index (χ4v) is 3.21. The summed E-state index contributed by atoms with van der Waals surface area (Å²) in [5.41, 5.74) is -0.401. The zero-order valence-electron chi connectivity index (χ0n) is 14.8. The molecule has 2 unspecified atom stereocenters. The molecule has 0 fully saturated rings. The number of rotatable bonds is 6. The van der Waals surface area contributed by atoms with Crippen molar-refractivity contribution in [2.45, 2.75) is 11.7 Å². The van der Waals surface area contributed by atoms with Crippen LogP contribution in [0, 0.1) is 0 Å². The van der Waals surface area contributed by atoms with E-state index in [1.54, 1.807) is 49.6 Å². The number of methoxy groups -OCH3 is 3. The monoisotopic (exact) mass is 359 g/mol. The van der Waals surface area contributed by atoms with Crippen LogP contribution in [0.15, 0.2) is 42.5 Å². The molecular weight excluding hydrogens is 338 g/mol. The molecule has 1 aliphatic rings. The zero-order chi connectivity index (χ0) is 18.7. The molecule has 138 valence electrons. The van der Waals surface area contributed by atoms with Gasteiger partial charge in [0.05, 0.1) is 18.4 Å². The predicted molar refractivity (Wildman–Crippen MR) is 94.4 cm³/mol. The van der Waals surface area contributed by atoms with Crippen LogP contribution in [0.5, 0.6) is 11.5 Å². The number of amides is 1. The SMILES string of the molecule is COCOc1cccc2c1C(O)(c1ccc(OC)cc1)C(OC)C(=O)N2. The third kappa shape index (κ3) is 2.90. The van der Waals surface area contributed by atoms with Gasteiger partial charge < -0.3 is 29.4 Å². The maximum Gasteiger partial charge on any atom is 0.257 e. The van der Waals surface area contributed by atoms with E-state index in [4.69, 9.17) is 18.9 Å². The summed E-state index contributed by atoms with van der Waals surface area (Å²) >= 11 is 0. The molecule has 1 heterocycles. The molecule has 1 aliphatic heterocycles. The number of aliphatic hydroxyl groups is 1. The second-order valence-electron chi connectivity index (χ2n) is 5.83. The fraction of sp³-hybridized carbons (Fsp3) is 0.316. The van der Waals surface area contributed by atoms with E-state index in [9.17, 15) is 9.90 Å². The molecule has 0 aromatic heterocycles. The lowest BCUT2D eigenvalue weighted by atomic mass is 9.77. The Morgan fingerprint density at radius 1 is 1.12 bits per heavy atom. The molecular formula is C19H21NO6. The second kappa shape index (κ2) is 7.33. The average Bonchev–Trinajstić information content (AvgIpc) is 2.66. The Bertz CT molecular complexity index is 791. The Kier molecular flexibility index (Phi) is 5.13. The quantitative estimate of drug-likeness (QED) is 0.766. The minimum atomic E-state index is -1.75. The first-order chi connectivity index (χ1) is 12.6. The van der Waals surface area contributed by atoms with Crippen LogP contribution in [0.1, 0.15) is 11.1 Å². The molecule has 2 atom stereocenters. The van der Waals surface area contributed by atoms with Gasteiger partial charge in [0.25, 0.3) is 5.91 Å². The molecule has 7 heteroatoms. The normalized spacial score (nSPS) is 21.7. The summed E-state index contributed by atoms with van der Waals surface area (Å²) in [7, 11) is 4.44. The van der Waals surface area contributed by atoms with E-state index in [2.05, 4.69) is 5.32 Å². The number of benzene rings is 2. The van der Waals surface area contributed by atoms with Crippen molar-refractivity contribution >= 4 is 11.6 Å². The summed E-state index contributed by atoms with van der Waals surface area (Å²) in [4.78, 5) is 12.5. The second-order valence-corrected chi connectivity index (χ2v) is 5.83. The molecule has 2 aromatic rings. The van der Waals surface area contributed by atoms with Gasteiger partial charge in [-0.1, -0.05) is 18.2 Å². The summed E-state index contributed by atoms with van der Waals surface area (Å²) in [6.45, 7) is 0.000735. The van der Waals surface area contributed by atoms with Crippen molar-refractivity contribution in [2.24, 2.45) is 0 Å². The minimum absolute atomic E-state index is 0.000735. The summed E-state index contributed by atoms with van der Waals surface area (Å²) in [6.07, 6.45) is -1.16. The van der Waals surface area contributed by atoms with E-state index >= 15 is 0 Å². The van der Waals surface area contributed by atoms with Gasteiger partial charge in [-0.15, -0.1) is 0 Å². The molecule has 1 amide bonds. The summed E-state index contributed by atoms with van der Waals surface area (Å²) in [5.74, 6) is 0.586. The third-order valence-electron chi connectivity index (χ3n) is 4.38. The summed E-state index contributed by atoms with van der Waals surface area (Å²) < 4.78 is 21.1. The van der Waals surface area contributed by atoms with Crippen molar-refractivity contribution in [3.63, 3.8) is 0 Å². The maximum atomic E-state index is 12.5. The Labute approximate surface area is 151 Å². The highest BCUT2D eigenvalue weighted by molar-refractivity contribution is 6.00. The topological polar surface area (TPSA) is 86.2 Å². The largest absolute Gasteiger partial charge is 0.497 e. The lowest BCUT2D eigenvalue weighted by Crippen LogP contribution is -2.53. The highest BCUT2D eigenvalue weighted by Gasteiger charge is 2.51. The molecule has 7 nitrogen and oxygen atoms in total. The summed E-state index contributed by atoms with van der Waals surface area (Å²) in [5, 5.41) is 14.5. The van der Waals surface area contributed by atoms with Gasteiger partial charge in [-0.3, -0.25) is 4.79 Å². The van der Waals surface area contributed by atoms with Crippen LogP contribution >= 0.6 is 0 Å². The smallest absolute Gasteiger partial charge is 0.257 e. The van der Waals surface area contributed by atoms with Crippen LogP contribution in [-0.4, -0.2) is 45.2 Å². The number of ether oxygens (including phenoxy) is 4. The number of anilines is 1. The molecule has 0 radical (unpaired) electrons. The van der Waals surface area contributed by atoms with E-state index in [0.29, 0.717) is 28.3 Å². The average molecular weight is 359 g/mol. The first kappa shape index (κ1) is 18.2. The van der Waals surface area contributed by atoms with E-state index in [1.165, 1.54) is 14.2 Å².